The zero-order valence-electron chi connectivity index (χ0n) is 9.53. The molecule has 1 aromatic carbocycles. The number of carboxylic acids is 1. The summed E-state index contributed by atoms with van der Waals surface area (Å²) in [6, 6.07) is 5.16. The molecule has 4 heteroatoms. The highest BCUT2D eigenvalue weighted by atomic mass is 35.5. The van der Waals surface area contributed by atoms with Crippen molar-refractivity contribution in [2.75, 3.05) is 0 Å². The van der Waals surface area contributed by atoms with E-state index in [1.54, 1.807) is 32.0 Å². The number of benzene rings is 1. The van der Waals surface area contributed by atoms with Crippen molar-refractivity contribution < 1.29 is 14.6 Å². The van der Waals surface area contributed by atoms with Gasteiger partial charge < -0.3 is 9.84 Å². The number of hydrogen-bond acceptors (Lipinski definition) is 2. The average molecular weight is 243 g/mol. The second-order valence-electron chi connectivity index (χ2n) is 4.03. The highest BCUT2D eigenvalue weighted by Crippen LogP contribution is 2.23. The van der Waals surface area contributed by atoms with Crippen molar-refractivity contribution in [2.24, 2.45) is 5.92 Å². The molecule has 0 aromatic heterocycles. The fraction of sp³-hybridized carbons (Fsp3) is 0.417. The normalized spacial score (nSPS) is 12.6. The van der Waals surface area contributed by atoms with Crippen LogP contribution in [0.4, 0.5) is 0 Å². The van der Waals surface area contributed by atoms with Gasteiger partial charge in [0.2, 0.25) is 0 Å². The topological polar surface area (TPSA) is 46.5 Å². The highest BCUT2D eigenvalue weighted by molar-refractivity contribution is 6.31. The number of aryl methyl sites for hydroxylation is 1. The molecule has 1 unspecified atom stereocenters. The van der Waals surface area contributed by atoms with Gasteiger partial charge in [0.1, 0.15) is 5.75 Å². The van der Waals surface area contributed by atoms with Crippen molar-refractivity contribution in [1.29, 1.82) is 0 Å². The molecule has 0 saturated carbocycles. The van der Waals surface area contributed by atoms with E-state index >= 15 is 0 Å². The van der Waals surface area contributed by atoms with Crippen LogP contribution in [0.3, 0.4) is 0 Å². The average Bonchev–Trinajstić information content (AvgIpc) is 2.18. The van der Waals surface area contributed by atoms with Crippen LogP contribution < -0.4 is 4.74 Å². The first-order valence-electron chi connectivity index (χ1n) is 5.07. The predicted octanol–water partition coefficient (Wildman–Crippen LogP) is 3.14. The second-order valence-corrected chi connectivity index (χ2v) is 4.44. The number of carbonyl (C=O) groups is 1. The molecule has 16 heavy (non-hydrogen) atoms. The SMILES string of the molecule is Cc1ccc(OC(C(=O)O)C(C)C)cc1Cl. The molecule has 0 aliphatic carbocycles. The minimum Gasteiger partial charge on any atom is -0.478 e. The van der Waals surface area contributed by atoms with Gasteiger partial charge in [-0.15, -0.1) is 0 Å². The van der Waals surface area contributed by atoms with E-state index in [9.17, 15) is 4.79 Å². The standard InChI is InChI=1S/C12H15ClO3/c1-7(2)11(12(14)15)16-9-5-4-8(3)10(13)6-9/h4-7,11H,1-3H3,(H,14,15). The van der Waals surface area contributed by atoms with Crippen LogP contribution in [0, 0.1) is 12.8 Å². The summed E-state index contributed by atoms with van der Waals surface area (Å²) in [7, 11) is 0. The van der Waals surface area contributed by atoms with Crippen molar-refractivity contribution >= 4 is 17.6 Å². The molecule has 0 amide bonds. The lowest BCUT2D eigenvalue weighted by Gasteiger charge is -2.18. The van der Waals surface area contributed by atoms with E-state index in [1.165, 1.54) is 0 Å². The zero-order chi connectivity index (χ0) is 12.3. The molecule has 1 atom stereocenters. The fourth-order valence-corrected chi connectivity index (χ4v) is 1.44. The van der Waals surface area contributed by atoms with E-state index < -0.39 is 12.1 Å². The molecular formula is C12H15ClO3. The first kappa shape index (κ1) is 12.8. The van der Waals surface area contributed by atoms with Gasteiger partial charge in [-0.2, -0.15) is 0 Å². The van der Waals surface area contributed by atoms with E-state index in [2.05, 4.69) is 0 Å². The summed E-state index contributed by atoms with van der Waals surface area (Å²) in [5.74, 6) is -0.582. The molecule has 0 spiro atoms. The largest absolute Gasteiger partial charge is 0.478 e. The molecule has 0 aliphatic heterocycles. The summed E-state index contributed by atoms with van der Waals surface area (Å²) in [6.07, 6.45) is -0.848. The van der Waals surface area contributed by atoms with E-state index in [0.717, 1.165) is 5.56 Å². The molecule has 1 aromatic rings. The van der Waals surface area contributed by atoms with Crippen molar-refractivity contribution in [3.05, 3.63) is 28.8 Å². The Bertz CT molecular complexity index is 388. The third kappa shape index (κ3) is 3.14. The van der Waals surface area contributed by atoms with E-state index in [-0.39, 0.29) is 5.92 Å². The van der Waals surface area contributed by atoms with Crippen molar-refractivity contribution in [1.82, 2.24) is 0 Å². The second kappa shape index (κ2) is 5.21. The van der Waals surface area contributed by atoms with Gasteiger partial charge in [-0.25, -0.2) is 4.79 Å². The van der Waals surface area contributed by atoms with Crippen LogP contribution in [-0.4, -0.2) is 17.2 Å². The van der Waals surface area contributed by atoms with Crippen LogP contribution in [-0.2, 0) is 4.79 Å². The third-order valence-corrected chi connectivity index (χ3v) is 2.66. The van der Waals surface area contributed by atoms with Gasteiger partial charge in [0.15, 0.2) is 6.10 Å². The Morgan fingerprint density at radius 1 is 1.44 bits per heavy atom. The highest BCUT2D eigenvalue weighted by Gasteiger charge is 2.23. The lowest BCUT2D eigenvalue weighted by molar-refractivity contribution is -0.147. The Labute approximate surface area is 100.0 Å². The summed E-state index contributed by atoms with van der Waals surface area (Å²) in [5, 5.41) is 9.55. The summed E-state index contributed by atoms with van der Waals surface area (Å²) < 4.78 is 5.39. The van der Waals surface area contributed by atoms with Gasteiger partial charge in [0.05, 0.1) is 0 Å². The molecule has 0 heterocycles. The maximum Gasteiger partial charge on any atom is 0.345 e. The first-order valence-corrected chi connectivity index (χ1v) is 5.45. The molecular weight excluding hydrogens is 228 g/mol. The summed E-state index contributed by atoms with van der Waals surface area (Å²) in [4.78, 5) is 10.9. The number of carboxylic acid groups (broad SMARTS) is 1. The molecule has 0 saturated heterocycles. The molecule has 0 bridgehead atoms. The monoisotopic (exact) mass is 242 g/mol. The lowest BCUT2D eigenvalue weighted by Crippen LogP contribution is -2.32. The zero-order valence-corrected chi connectivity index (χ0v) is 10.3. The smallest absolute Gasteiger partial charge is 0.345 e. The van der Waals surface area contributed by atoms with E-state index in [1.807, 2.05) is 6.92 Å². The molecule has 0 radical (unpaired) electrons. The maximum absolute atomic E-state index is 10.9. The van der Waals surface area contributed by atoms with Gasteiger partial charge in [-0.3, -0.25) is 0 Å². The van der Waals surface area contributed by atoms with Crippen molar-refractivity contribution in [3.63, 3.8) is 0 Å². The van der Waals surface area contributed by atoms with Crippen molar-refractivity contribution in [2.45, 2.75) is 26.9 Å². The fourth-order valence-electron chi connectivity index (χ4n) is 1.27. The molecule has 0 fully saturated rings. The quantitative estimate of drug-likeness (QED) is 0.882. The van der Waals surface area contributed by atoms with Crippen LogP contribution in [0.2, 0.25) is 5.02 Å². The van der Waals surface area contributed by atoms with Crippen LogP contribution in [0.25, 0.3) is 0 Å². The van der Waals surface area contributed by atoms with Gasteiger partial charge in [-0.1, -0.05) is 31.5 Å². The summed E-state index contributed by atoms with van der Waals surface area (Å²) in [6.45, 7) is 5.48. The Hall–Kier alpha value is -1.22. The predicted molar refractivity (Wildman–Crippen MR) is 63.1 cm³/mol. The number of aliphatic carboxylic acids is 1. The number of hydrogen-bond donors (Lipinski definition) is 1. The maximum atomic E-state index is 10.9. The number of halogens is 1. The summed E-state index contributed by atoms with van der Waals surface area (Å²) >= 11 is 5.93. The number of ether oxygens (including phenoxy) is 1. The minimum absolute atomic E-state index is 0.0995. The van der Waals surface area contributed by atoms with Gasteiger partial charge in [-0.05, 0) is 24.6 Å². The first-order chi connectivity index (χ1) is 7.41. The van der Waals surface area contributed by atoms with Crippen LogP contribution in [0.5, 0.6) is 5.75 Å². The number of rotatable bonds is 4. The lowest BCUT2D eigenvalue weighted by atomic mass is 10.1. The summed E-state index contributed by atoms with van der Waals surface area (Å²) in [5.41, 5.74) is 0.936. The van der Waals surface area contributed by atoms with Crippen LogP contribution in [0.1, 0.15) is 19.4 Å². The van der Waals surface area contributed by atoms with Crippen LogP contribution in [0.15, 0.2) is 18.2 Å². The van der Waals surface area contributed by atoms with E-state index in [4.69, 9.17) is 21.4 Å². The molecule has 3 nitrogen and oxygen atoms in total. The Morgan fingerprint density at radius 3 is 2.50 bits per heavy atom. The minimum atomic E-state index is -0.966. The van der Waals surface area contributed by atoms with Gasteiger partial charge >= 0.3 is 5.97 Å². The van der Waals surface area contributed by atoms with Gasteiger partial charge in [0.25, 0.3) is 0 Å². The van der Waals surface area contributed by atoms with E-state index in [0.29, 0.717) is 10.8 Å². The molecule has 1 rings (SSSR count). The Morgan fingerprint density at radius 2 is 2.06 bits per heavy atom. The molecule has 0 aliphatic rings. The van der Waals surface area contributed by atoms with Crippen LogP contribution >= 0.6 is 11.6 Å². The molecule has 1 N–H and O–H groups in total. The third-order valence-electron chi connectivity index (χ3n) is 2.26. The van der Waals surface area contributed by atoms with Crippen molar-refractivity contribution in [3.8, 4) is 5.75 Å². The molecule has 88 valence electrons. The van der Waals surface area contributed by atoms with Gasteiger partial charge in [0, 0.05) is 10.9 Å². The Kier molecular flexibility index (Phi) is 4.19. The Balaban J connectivity index is 2.86.